The molecular weight excluding hydrogens is 793 g/mol. The van der Waals surface area contributed by atoms with Crippen molar-refractivity contribution in [3.8, 4) is 0 Å². The second kappa shape index (κ2) is 23.1. The van der Waals surface area contributed by atoms with Crippen molar-refractivity contribution in [2.24, 2.45) is 43.3 Å². The first-order valence-electron chi connectivity index (χ1n) is 25.4. The van der Waals surface area contributed by atoms with Crippen LogP contribution in [-0.2, 0) is 14.2 Å². The summed E-state index contributed by atoms with van der Waals surface area (Å²) in [6, 6.07) is 0. The van der Waals surface area contributed by atoms with Crippen LogP contribution in [0.15, 0.2) is 0 Å². The highest BCUT2D eigenvalue weighted by Gasteiger charge is 2.75. The SMILES string of the molecule is CCOC(CC(C)(CC)C(C)(CC)C(CC(C)(C)CC)OCO)C(C)(CC)C(CC)(CC)CC(OC1CCCCC1)C(C)(CC)C(CC)(CC)C(F)(F)C(F)(Cl)C(C)(C)CC. The number of aliphatic hydroxyl groups excluding tert-OH is 1. The third-order valence-electron chi connectivity index (χ3n) is 19.5. The molecule has 366 valence electrons. The van der Waals surface area contributed by atoms with E-state index < -0.39 is 44.2 Å². The molecule has 8 heteroatoms. The van der Waals surface area contributed by atoms with Gasteiger partial charge in [-0.3, -0.25) is 0 Å². The zero-order valence-electron chi connectivity index (χ0n) is 43.6. The van der Waals surface area contributed by atoms with Crippen molar-refractivity contribution in [2.75, 3.05) is 13.4 Å². The van der Waals surface area contributed by atoms with Crippen LogP contribution in [0.3, 0.4) is 0 Å². The van der Waals surface area contributed by atoms with Gasteiger partial charge in [0, 0.05) is 22.9 Å². The van der Waals surface area contributed by atoms with E-state index in [0.717, 1.165) is 83.5 Å². The van der Waals surface area contributed by atoms with Gasteiger partial charge in [0.2, 0.25) is 0 Å². The van der Waals surface area contributed by atoms with Gasteiger partial charge in [-0.25, -0.2) is 13.2 Å². The van der Waals surface area contributed by atoms with Crippen LogP contribution in [0.1, 0.15) is 247 Å². The Morgan fingerprint density at radius 3 is 1.41 bits per heavy atom. The summed E-state index contributed by atoms with van der Waals surface area (Å²) in [5.41, 5.74) is -5.72. The molecule has 1 fully saturated rings. The molecule has 0 spiro atoms. The monoisotopic (exact) mass is 895 g/mol. The van der Waals surface area contributed by atoms with Crippen molar-refractivity contribution in [3.05, 3.63) is 0 Å². The lowest BCUT2D eigenvalue weighted by Crippen LogP contribution is -2.67. The van der Waals surface area contributed by atoms with Crippen LogP contribution in [-0.4, -0.2) is 54.0 Å². The molecule has 0 bridgehead atoms. The van der Waals surface area contributed by atoms with Crippen molar-refractivity contribution in [3.63, 3.8) is 0 Å². The normalized spacial score (nSPS) is 22.0. The number of rotatable bonds is 31. The third-order valence-corrected chi connectivity index (χ3v) is 20.3. The van der Waals surface area contributed by atoms with E-state index in [1.54, 1.807) is 20.8 Å². The molecule has 0 aromatic rings. The van der Waals surface area contributed by atoms with Gasteiger partial charge in [0.1, 0.15) is 6.79 Å². The summed E-state index contributed by atoms with van der Waals surface area (Å²) in [5.74, 6) is -3.88. The molecule has 0 aromatic carbocycles. The van der Waals surface area contributed by atoms with Gasteiger partial charge in [-0.1, -0.05) is 168 Å². The van der Waals surface area contributed by atoms with Crippen molar-refractivity contribution in [1.29, 1.82) is 0 Å². The molecule has 8 unspecified atom stereocenters. The van der Waals surface area contributed by atoms with Crippen LogP contribution in [0, 0.1) is 43.3 Å². The van der Waals surface area contributed by atoms with Crippen LogP contribution in [0.4, 0.5) is 13.2 Å². The van der Waals surface area contributed by atoms with Crippen molar-refractivity contribution in [1.82, 2.24) is 0 Å². The fraction of sp³-hybridized carbons (Fsp3) is 1.00. The first kappa shape index (κ1) is 58.9. The van der Waals surface area contributed by atoms with Gasteiger partial charge in [0.25, 0.3) is 5.13 Å². The largest absolute Gasteiger partial charge is 0.378 e. The summed E-state index contributed by atoms with van der Waals surface area (Å²) >= 11 is 6.69. The lowest BCUT2D eigenvalue weighted by atomic mass is 9.47. The molecule has 0 heterocycles. The third kappa shape index (κ3) is 11.0. The molecule has 1 rings (SSSR count). The van der Waals surface area contributed by atoms with Gasteiger partial charge >= 0.3 is 5.92 Å². The lowest BCUT2D eigenvalue weighted by molar-refractivity contribution is -0.286. The van der Waals surface area contributed by atoms with E-state index in [9.17, 15) is 5.11 Å². The molecule has 1 aliphatic carbocycles. The van der Waals surface area contributed by atoms with E-state index in [4.69, 9.17) is 25.8 Å². The number of hydrogen-bond acceptors (Lipinski definition) is 4. The maximum absolute atomic E-state index is 18.0. The van der Waals surface area contributed by atoms with E-state index >= 15 is 13.2 Å². The molecule has 0 aliphatic heterocycles. The van der Waals surface area contributed by atoms with E-state index in [2.05, 4.69) is 83.1 Å². The molecule has 0 aromatic heterocycles. The molecular formula is C53H102ClF3O4. The van der Waals surface area contributed by atoms with Crippen molar-refractivity contribution >= 4 is 11.6 Å². The molecule has 0 saturated heterocycles. The average Bonchev–Trinajstić information content (AvgIpc) is 3.24. The van der Waals surface area contributed by atoms with Crippen LogP contribution >= 0.6 is 11.6 Å². The highest BCUT2D eigenvalue weighted by molar-refractivity contribution is 6.24. The molecule has 61 heavy (non-hydrogen) atoms. The molecule has 1 N–H and O–H groups in total. The van der Waals surface area contributed by atoms with Gasteiger partial charge in [0.15, 0.2) is 0 Å². The predicted octanol–water partition coefficient (Wildman–Crippen LogP) is 17.3. The standard InChI is InChI=1S/C53H102ClF3O4/c1-20-44(12,13)36-41(60-39-58)47(17,23-4)46(16,22-3)37-42(59-30-11)48(18,24-5)50(26-7,27-8)38-43(61-40-34-32-31-33-35-40)49(19,25-6)51(28-9,29-10)53(56,57)52(54,55)45(14,15)21-2/h40-43,58H,20-39H2,1-19H3. The molecule has 4 nitrogen and oxygen atoms in total. The van der Waals surface area contributed by atoms with Crippen LogP contribution < -0.4 is 0 Å². The van der Waals surface area contributed by atoms with Crippen molar-refractivity contribution < 1.29 is 32.5 Å². The van der Waals surface area contributed by atoms with Crippen LogP contribution in [0.5, 0.6) is 0 Å². The Morgan fingerprint density at radius 1 is 0.541 bits per heavy atom. The fourth-order valence-electron chi connectivity index (χ4n) is 12.5. The molecule has 1 saturated carbocycles. The first-order valence-corrected chi connectivity index (χ1v) is 25.8. The molecule has 0 radical (unpaired) electrons. The van der Waals surface area contributed by atoms with Gasteiger partial charge in [0.05, 0.1) is 24.4 Å². The second-order valence-electron chi connectivity index (χ2n) is 22.1. The zero-order chi connectivity index (χ0) is 47.6. The Bertz CT molecular complexity index is 1260. The van der Waals surface area contributed by atoms with Crippen LogP contribution in [0.25, 0.3) is 0 Å². The minimum absolute atomic E-state index is 0.0294. The summed E-state index contributed by atoms with van der Waals surface area (Å²) in [4.78, 5) is 0. The lowest BCUT2D eigenvalue weighted by Gasteiger charge is -2.62. The van der Waals surface area contributed by atoms with E-state index in [-0.39, 0.29) is 60.6 Å². The highest BCUT2D eigenvalue weighted by Crippen LogP contribution is 2.69. The number of ether oxygens (including phenoxy) is 3. The van der Waals surface area contributed by atoms with Gasteiger partial charge < -0.3 is 19.3 Å². The Kier molecular flexibility index (Phi) is 22.3. The maximum Gasteiger partial charge on any atom is 0.301 e. The molecule has 1 aliphatic rings. The summed E-state index contributed by atoms with van der Waals surface area (Å²) in [6.07, 6.45) is 12.2. The Labute approximate surface area is 382 Å². The average molecular weight is 896 g/mol. The van der Waals surface area contributed by atoms with Crippen molar-refractivity contribution in [2.45, 2.75) is 283 Å². The number of aliphatic hydroxyl groups is 1. The Hall–Kier alpha value is -0.0800. The Morgan fingerprint density at radius 2 is 1.03 bits per heavy atom. The van der Waals surface area contributed by atoms with Crippen LogP contribution in [0.2, 0.25) is 0 Å². The minimum atomic E-state index is -3.88. The van der Waals surface area contributed by atoms with Gasteiger partial charge in [-0.15, -0.1) is 0 Å². The van der Waals surface area contributed by atoms with E-state index in [1.807, 2.05) is 27.7 Å². The van der Waals surface area contributed by atoms with Gasteiger partial charge in [-0.05, 0) is 117 Å². The van der Waals surface area contributed by atoms with E-state index in [1.165, 1.54) is 0 Å². The smallest absolute Gasteiger partial charge is 0.301 e. The summed E-state index contributed by atoms with van der Waals surface area (Å²) in [7, 11) is 0. The van der Waals surface area contributed by atoms with E-state index in [0.29, 0.717) is 19.4 Å². The number of hydrogen-bond donors (Lipinski definition) is 1. The fourth-order valence-corrected chi connectivity index (χ4v) is 12.8. The quantitative estimate of drug-likeness (QED) is 0.0556. The second-order valence-corrected chi connectivity index (χ2v) is 22.7. The molecule has 0 amide bonds. The zero-order valence-corrected chi connectivity index (χ0v) is 44.4. The molecule has 8 atom stereocenters. The first-order chi connectivity index (χ1) is 28.1. The van der Waals surface area contributed by atoms with Gasteiger partial charge in [-0.2, -0.15) is 0 Å². The summed E-state index contributed by atoms with van der Waals surface area (Å²) in [5, 5.41) is 7.02. The maximum atomic E-state index is 18.0. The number of halogens is 4. The topological polar surface area (TPSA) is 47.9 Å². The number of alkyl halides is 4. The highest BCUT2D eigenvalue weighted by atomic mass is 35.5. The summed E-state index contributed by atoms with van der Waals surface area (Å²) in [6.45, 7) is 40.1. The Balaban J connectivity index is 4.33. The predicted molar refractivity (Wildman–Crippen MR) is 255 cm³/mol. The summed E-state index contributed by atoms with van der Waals surface area (Å²) < 4.78 is 74.1. The minimum Gasteiger partial charge on any atom is -0.378 e.